The fourth-order valence-electron chi connectivity index (χ4n) is 2.74. The van der Waals surface area contributed by atoms with Gasteiger partial charge in [-0.25, -0.2) is 9.78 Å². The number of nitrogens with zero attached hydrogens (tertiary/aromatic N) is 1. The van der Waals surface area contributed by atoms with Crippen LogP contribution in [0.2, 0.25) is 0 Å². The number of benzene rings is 1. The first kappa shape index (κ1) is 16.7. The maximum absolute atomic E-state index is 12.5. The molecule has 1 N–H and O–H groups in total. The van der Waals surface area contributed by atoms with Crippen LogP contribution in [0.1, 0.15) is 16.8 Å². The van der Waals surface area contributed by atoms with E-state index in [1.54, 1.807) is 30.3 Å². The lowest BCUT2D eigenvalue weighted by Crippen LogP contribution is -2.19. The van der Waals surface area contributed by atoms with Gasteiger partial charge in [-0.05, 0) is 30.4 Å². The molecule has 6 nitrogen and oxygen atoms in total. The molecule has 3 heterocycles. The molecule has 0 aliphatic carbocycles. The van der Waals surface area contributed by atoms with E-state index in [1.165, 1.54) is 6.20 Å². The zero-order chi connectivity index (χ0) is 17.9. The Bertz CT molecular complexity index is 1010. The lowest BCUT2D eigenvalue weighted by molar-refractivity contribution is 0.102. The number of rotatable bonds is 4. The van der Waals surface area contributed by atoms with E-state index in [0.29, 0.717) is 17.0 Å². The predicted octanol–water partition coefficient (Wildman–Crippen LogP) is 3.32. The summed E-state index contributed by atoms with van der Waals surface area (Å²) in [6, 6.07) is 11.9. The topological polar surface area (TPSA) is 81.4 Å². The van der Waals surface area contributed by atoms with Crippen molar-refractivity contribution in [3.05, 3.63) is 64.6 Å². The molecule has 0 bridgehead atoms. The number of carbonyl (C=O) groups is 1. The third-order valence-electron chi connectivity index (χ3n) is 4.06. The maximum Gasteiger partial charge on any atom is 0.360 e. The number of aromatic nitrogens is 1. The first-order valence-electron chi connectivity index (χ1n) is 8.24. The quantitative estimate of drug-likeness (QED) is 0.712. The first-order valence-corrected chi connectivity index (χ1v) is 9.39. The second-order valence-corrected chi connectivity index (χ2v) is 7.08. The monoisotopic (exact) mass is 368 g/mol. The van der Waals surface area contributed by atoms with E-state index in [0.717, 1.165) is 23.3 Å². The van der Waals surface area contributed by atoms with Crippen molar-refractivity contribution >= 4 is 34.3 Å². The fraction of sp³-hybridized carbons (Fsp3) is 0.211. The molecule has 1 atom stereocenters. The van der Waals surface area contributed by atoms with Crippen LogP contribution in [0.4, 0.5) is 5.69 Å². The van der Waals surface area contributed by atoms with Crippen LogP contribution < -0.4 is 15.7 Å². The van der Waals surface area contributed by atoms with Crippen LogP contribution in [-0.2, 0) is 0 Å². The van der Waals surface area contributed by atoms with Crippen LogP contribution in [0.3, 0.4) is 0 Å². The van der Waals surface area contributed by atoms with E-state index < -0.39 is 11.5 Å². The second kappa shape index (κ2) is 7.21. The van der Waals surface area contributed by atoms with Gasteiger partial charge in [-0.3, -0.25) is 4.79 Å². The SMILES string of the molecule is O=C(Nc1cc2ccccc2oc1=O)c1ccnc(OC2CCSC2)c1. The molecular formula is C19H16N2O4S. The van der Waals surface area contributed by atoms with E-state index in [-0.39, 0.29) is 11.8 Å². The van der Waals surface area contributed by atoms with E-state index >= 15 is 0 Å². The molecule has 7 heteroatoms. The minimum Gasteiger partial charge on any atom is -0.473 e. The van der Waals surface area contributed by atoms with Gasteiger partial charge < -0.3 is 14.5 Å². The summed E-state index contributed by atoms with van der Waals surface area (Å²) in [7, 11) is 0. The van der Waals surface area contributed by atoms with Gasteiger partial charge in [0.25, 0.3) is 5.91 Å². The van der Waals surface area contributed by atoms with Gasteiger partial charge in [-0.15, -0.1) is 0 Å². The molecule has 2 aromatic heterocycles. The molecule has 1 aromatic carbocycles. The van der Waals surface area contributed by atoms with Crippen LogP contribution in [0.5, 0.6) is 5.88 Å². The molecule has 0 radical (unpaired) electrons. The highest BCUT2D eigenvalue weighted by molar-refractivity contribution is 7.99. The van der Waals surface area contributed by atoms with Crippen LogP contribution in [0.25, 0.3) is 11.0 Å². The number of pyridine rings is 1. The van der Waals surface area contributed by atoms with Gasteiger partial charge in [0.05, 0.1) is 0 Å². The Morgan fingerprint density at radius 1 is 1.27 bits per heavy atom. The van der Waals surface area contributed by atoms with E-state index in [9.17, 15) is 9.59 Å². The molecule has 1 fully saturated rings. The van der Waals surface area contributed by atoms with Crippen LogP contribution in [0.15, 0.2) is 57.9 Å². The van der Waals surface area contributed by atoms with Crippen molar-refractivity contribution in [2.45, 2.75) is 12.5 Å². The molecule has 1 saturated heterocycles. The molecule has 26 heavy (non-hydrogen) atoms. The minimum atomic E-state index is -0.592. The first-order chi connectivity index (χ1) is 12.7. The Kier molecular flexibility index (Phi) is 4.62. The van der Waals surface area contributed by atoms with Crippen LogP contribution >= 0.6 is 11.8 Å². The van der Waals surface area contributed by atoms with Gasteiger partial charge in [-0.2, -0.15) is 11.8 Å². The standard InChI is InChI=1S/C19H16N2O4S/c22-18(13-5-7-20-17(10-13)24-14-6-8-26-11-14)21-15-9-12-3-1-2-4-16(12)25-19(15)23/h1-5,7,9-10,14H,6,8,11H2,(H,21,22). The van der Waals surface area contributed by atoms with Crippen molar-refractivity contribution in [3.8, 4) is 5.88 Å². The third kappa shape index (κ3) is 3.57. The second-order valence-electron chi connectivity index (χ2n) is 5.93. The zero-order valence-electron chi connectivity index (χ0n) is 13.8. The third-order valence-corrected chi connectivity index (χ3v) is 5.19. The molecule has 1 aliphatic rings. The van der Waals surface area contributed by atoms with Crippen molar-refractivity contribution in [1.82, 2.24) is 4.98 Å². The summed E-state index contributed by atoms with van der Waals surface area (Å²) in [5.74, 6) is 2.00. The molecule has 3 aromatic rings. The summed E-state index contributed by atoms with van der Waals surface area (Å²) in [6.45, 7) is 0. The van der Waals surface area contributed by atoms with E-state index in [2.05, 4.69) is 10.3 Å². The summed E-state index contributed by atoms with van der Waals surface area (Å²) in [5, 5.41) is 3.34. The van der Waals surface area contributed by atoms with Crippen molar-refractivity contribution < 1.29 is 13.9 Å². The molecule has 0 spiro atoms. The molecule has 1 aliphatic heterocycles. The Morgan fingerprint density at radius 2 is 2.15 bits per heavy atom. The number of amides is 1. The molecule has 132 valence electrons. The fourth-order valence-corrected chi connectivity index (χ4v) is 3.83. The van der Waals surface area contributed by atoms with Gasteiger partial charge >= 0.3 is 5.63 Å². The Balaban J connectivity index is 1.54. The van der Waals surface area contributed by atoms with Crippen molar-refractivity contribution in [2.24, 2.45) is 0 Å². The number of ether oxygens (including phenoxy) is 1. The number of thioether (sulfide) groups is 1. The van der Waals surface area contributed by atoms with E-state index in [4.69, 9.17) is 9.15 Å². The largest absolute Gasteiger partial charge is 0.473 e. The average molecular weight is 368 g/mol. The van der Waals surface area contributed by atoms with Crippen molar-refractivity contribution in [3.63, 3.8) is 0 Å². The Hall–Kier alpha value is -2.80. The van der Waals surface area contributed by atoms with Gasteiger partial charge in [0, 0.05) is 29.0 Å². The van der Waals surface area contributed by atoms with Crippen LogP contribution in [-0.4, -0.2) is 28.5 Å². The summed E-state index contributed by atoms with van der Waals surface area (Å²) < 4.78 is 11.0. The van der Waals surface area contributed by atoms with Gasteiger partial charge in [0.15, 0.2) is 0 Å². The molecule has 0 saturated carbocycles. The lowest BCUT2D eigenvalue weighted by Gasteiger charge is -2.12. The molecule has 1 amide bonds. The number of carbonyl (C=O) groups excluding carboxylic acids is 1. The normalized spacial score (nSPS) is 16.5. The van der Waals surface area contributed by atoms with Crippen LogP contribution in [0, 0.1) is 0 Å². The number of para-hydroxylation sites is 1. The smallest absolute Gasteiger partial charge is 0.360 e. The summed E-state index contributed by atoms with van der Waals surface area (Å²) in [5.41, 5.74) is 0.350. The summed E-state index contributed by atoms with van der Waals surface area (Å²) >= 11 is 1.84. The highest BCUT2D eigenvalue weighted by Crippen LogP contribution is 2.22. The molecule has 4 rings (SSSR count). The van der Waals surface area contributed by atoms with Gasteiger partial charge in [-0.1, -0.05) is 18.2 Å². The Morgan fingerprint density at radius 3 is 3.00 bits per heavy atom. The minimum absolute atomic E-state index is 0.0974. The van der Waals surface area contributed by atoms with Crippen molar-refractivity contribution in [1.29, 1.82) is 0 Å². The highest BCUT2D eigenvalue weighted by Gasteiger charge is 2.18. The maximum atomic E-state index is 12.5. The average Bonchev–Trinajstić information content (AvgIpc) is 3.15. The molecule has 1 unspecified atom stereocenters. The van der Waals surface area contributed by atoms with Crippen molar-refractivity contribution in [2.75, 3.05) is 16.8 Å². The molecular weight excluding hydrogens is 352 g/mol. The number of hydrogen-bond acceptors (Lipinski definition) is 6. The van der Waals surface area contributed by atoms with Gasteiger partial charge in [0.2, 0.25) is 5.88 Å². The highest BCUT2D eigenvalue weighted by atomic mass is 32.2. The zero-order valence-corrected chi connectivity index (χ0v) is 14.6. The van der Waals surface area contributed by atoms with Gasteiger partial charge in [0.1, 0.15) is 17.4 Å². The number of anilines is 1. The van der Waals surface area contributed by atoms with E-state index in [1.807, 2.05) is 23.9 Å². The Labute approximate surface area is 153 Å². The lowest BCUT2D eigenvalue weighted by atomic mass is 10.2. The number of nitrogens with one attached hydrogen (secondary N) is 1. The number of fused-ring (bicyclic) bond motifs is 1. The predicted molar refractivity (Wildman–Crippen MR) is 101 cm³/mol. The number of hydrogen-bond donors (Lipinski definition) is 1. The summed E-state index contributed by atoms with van der Waals surface area (Å²) in [4.78, 5) is 28.7. The summed E-state index contributed by atoms with van der Waals surface area (Å²) in [6.07, 6.45) is 2.62.